The SMILES string of the molecule is CC1(C)C(=O)Oc2c(C=O)cc3ccccc3c21. The Morgan fingerprint density at radius 3 is 2.67 bits per heavy atom. The van der Waals surface area contributed by atoms with Gasteiger partial charge in [-0.05, 0) is 30.7 Å². The lowest BCUT2D eigenvalue weighted by atomic mass is 9.82. The van der Waals surface area contributed by atoms with Gasteiger partial charge in [-0.1, -0.05) is 24.3 Å². The van der Waals surface area contributed by atoms with Crippen LogP contribution in [0, 0.1) is 0 Å². The van der Waals surface area contributed by atoms with Gasteiger partial charge in [0, 0.05) is 5.56 Å². The molecule has 3 rings (SSSR count). The van der Waals surface area contributed by atoms with Crippen LogP contribution >= 0.6 is 0 Å². The molecular formula is C15H12O3. The van der Waals surface area contributed by atoms with E-state index < -0.39 is 5.41 Å². The molecule has 3 nitrogen and oxygen atoms in total. The molecule has 1 aliphatic heterocycles. The number of rotatable bonds is 1. The van der Waals surface area contributed by atoms with Gasteiger partial charge in [-0.2, -0.15) is 0 Å². The third kappa shape index (κ3) is 1.24. The Morgan fingerprint density at radius 2 is 1.94 bits per heavy atom. The van der Waals surface area contributed by atoms with Crippen molar-refractivity contribution in [2.45, 2.75) is 19.3 Å². The first-order chi connectivity index (χ1) is 8.55. The van der Waals surface area contributed by atoms with E-state index in [1.54, 1.807) is 6.07 Å². The van der Waals surface area contributed by atoms with E-state index in [1.165, 1.54) is 0 Å². The first-order valence-corrected chi connectivity index (χ1v) is 5.79. The van der Waals surface area contributed by atoms with E-state index in [0.29, 0.717) is 11.3 Å². The summed E-state index contributed by atoms with van der Waals surface area (Å²) in [5.74, 6) is 0.107. The van der Waals surface area contributed by atoms with Crippen LogP contribution in [0.25, 0.3) is 10.8 Å². The van der Waals surface area contributed by atoms with Gasteiger partial charge < -0.3 is 4.74 Å². The second-order valence-corrected chi connectivity index (χ2v) is 5.02. The van der Waals surface area contributed by atoms with Crippen molar-refractivity contribution in [1.29, 1.82) is 0 Å². The number of carbonyl (C=O) groups excluding carboxylic acids is 2. The standard InChI is InChI=1S/C15H12O3/c1-15(2)12-11-6-4-3-5-9(11)7-10(8-16)13(12)18-14(15)17/h3-8H,1-2H3. The summed E-state index contributed by atoms with van der Waals surface area (Å²) in [6, 6.07) is 9.47. The molecule has 0 saturated carbocycles. The van der Waals surface area contributed by atoms with E-state index in [2.05, 4.69) is 0 Å². The van der Waals surface area contributed by atoms with Crippen LogP contribution in [0.15, 0.2) is 30.3 Å². The van der Waals surface area contributed by atoms with Crippen LogP contribution < -0.4 is 4.74 Å². The molecular weight excluding hydrogens is 228 g/mol. The number of esters is 1. The fourth-order valence-electron chi connectivity index (χ4n) is 2.49. The molecule has 1 aliphatic rings. The third-order valence-corrected chi connectivity index (χ3v) is 3.49. The Labute approximate surface area is 104 Å². The molecule has 0 aliphatic carbocycles. The number of hydrogen-bond acceptors (Lipinski definition) is 3. The number of fused-ring (bicyclic) bond motifs is 3. The highest BCUT2D eigenvalue weighted by Crippen LogP contribution is 2.45. The van der Waals surface area contributed by atoms with Gasteiger partial charge in [0.2, 0.25) is 0 Å². The van der Waals surface area contributed by atoms with Crippen molar-refractivity contribution in [2.24, 2.45) is 0 Å². The van der Waals surface area contributed by atoms with Crippen LogP contribution in [-0.4, -0.2) is 12.3 Å². The number of aldehydes is 1. The topological polar surface area (TPSA) is 43.4 Å². The van der Waals surface area contributed by atoms with Crippen molar-refractivity contribution in [2.75, 3.05) is 0 Å². The number of hydrogen-bond donors (Lipinski definition) is 0. The number of benzene rings is 2. The number of carbonyl (C=O) groups is 2. The van der Waals surface area contributed by atoms with Crippen LogP contribution in [-0.2, 0) is 10.2 Å². The molecule has 0 N–H and O–H groups in total. The zero-order chi connectivity index (χ0) is 12.9. The van der Waals surface area contributed by atoms with E-state index in [1.807, 2.05) is 38.1 Å². The van der Waals surface area contributed by atoms with E-state index in [4.69, 9.17) is 4.74 Å². The van der Waals surface area contributed by atoms with Gasteiger partial charge in [-0.25, -0.2) is 0 Å². The van der Waals surface area contributed by atoms with Crippen LogP contribution in [0.1, 0.15) is 29.8 Å². The maximum atomic E-state index is 11.9. The minimum Gasteiger partial charge on any atom is -0.425 e. The quantitative estimate of drug-likeness (QED) is 0.437. The molecule has 18 heavy (non-hydrogen) atoms. The Balaban J connectivity index is 2.50. The molecule has 1 heterocycles. The van der Waals surface area contributed by atoms with Gasteiger partial charge in [0.1, 0.15) is 5.75 Å². The highest BCUT2D eigenvalue weighted by molar-refractivity contribution is 6.04. The summed E-state index contributed by atoms with van der Waals surface area (Å²) in [5.41, 5.74) is 0.531. The summed E-state index contributed by atoms with van der Waals surface area (Å²) >= 11 is 0. The van der Waals surface area contributed by atoms with Gasteiger partial charge in [0.15, 0.2) is 6.29 Å². The van der Waals surface area contributed by atoms with Gasteiger partial charge in [-0.15, -0.1) is 0 Å². The van der Waals surface area contributed by atoms with Crippen molar-refractivity contribution >= 4 is 23.0 Å². The molecule has 0 amide bonds. The minimum absolute atomic E-state index is 0.308. The molecule has 90 valence electrons. The maximum Gasteiger partial charge on any atom is 0.321 e. The van der Waals surface area contributed by atoms with Crippen molar-refractivity contribution in [1.82, 2.24) is 0 Å². The summed E-state index contributed by atoms with van der Waals surface area (Å²) in [4.78, 5) is 23.1. The zero-order valence-electron chi connectivity index (χ0n) is 10.2. The Morgan fingerprint density at radius 1 is 1.22 bits per heavy atom. The first-order valence-electron chi connectivity index (χ1n) is 5.79. The lowest BCUT2D eigenvalue weighted by Crippen LogP contribution is -2.26. The molecule has 0 radical (unpaired) electrons. The fourth-order valence-corrected chi connectivity index (χ4v) is 2.49. The average Bonchev–Trinajstić information content (AvgIpc) is 2.60. The smallest absolute Gasteiger partial charge is 0.321 e. The molecule has 0 saturated heterocycles. The van der Waals surface area contributed by atoms with Gasteiger partial charge in [-0.3, -0.25) is 9.59 Å². The van der Waals surface area contributed by atoms with E-state index in [9.17, 15) is 9.59 Å². The molecule has 2 aromatic carbocycles. The van der Waals surface area contributed by atoms with Gasteiger partial charge in [0.25, 0.3) is 0 Å². The fraction of sp³-hybridized carbons (Fsp3) is 0.200. The van der Waals surface area contributed by atoms with Crippen molar-refractivity contribution in [3.05, 3.63) is 41.5 Å². The predicted octanol–water partition coefficient (Wildman–Crippen LogP) is 2.85. The second-order valence-electron chi connectivity index (χ2n) is 5.02. The van der Waals surface area contributed by atoms with Crippen LogP contribution in [0.3, 0.4) is 0 Å². The average molecular weight is 240 g/mol. The van der Waals surface area contributed by atoms with Gasteiger partial charge >= 0.3 is 5.97 Å². The summed E-state index contributed by atoms with van der Waals surface area (Å²) in [6.45, 7) is 3.64. The monoisotopic (exact) mass is 240 g/mol. The molecule has 0 spiro atoms. The van der Waals surface area contributed by atoms with Crippen LogP contribution in [0.4, 0.5) is 0 Å². The zero-order valence-corrected chi connectivity index (χ0v) is 10.2. The summed E-state index contributed by atoms with van der Waals surface area (Å²) < 4.78 is 5.28. The molecule has 0 fully saturated rings. The Hall–Kier alpha value is -2.16. The lowest BCUT2D eigenvalue weighted by molar-refractivity contribution is -0.137. The highest BCUT2D eigenvalue weighted by Gasteiger charge is 2.43. The van der Waals surface area contributed by atoms with E-state index in [-0.39, 0.29) is 5.97 Å². The number of ether oxygens (including phenoxy) is 1. The summed E-state index contributed by atoms with van der Waals surface area (Å²) in [7, 11) is 0. The molecule has 0 aromatic heterocycles. The van der Waals surface area contributed by atoms with Crippen LogP contribution in [0.2, 0.25) is 0 Å². The second kappa shape index (κ2) is 3.42. The normalized spacial score (nSPS) is 16.4. The Bertz CT molecular complexity index is 683. The lowest BCUT2D eigenvalue weighted by Gasteiger charge is -2.15. The van der Waals surface area contributed by atoms with Crippen molar-refractivity contribution < 1.29 is 14.3 Å². The van der Waals surface area contributed by atoms with E-state index >= 15 is 0 Å². The first kappa shape index (κ1) is 11.0. The highest BCUT2D eigenvalue weighted by atomic mass is 16.5. The predicted molar refractivity (Wildman–Crippen MR) is 68.0 cm³/mol. The minimum atomic E-state index is -0.714. The molecule has 0 unspecified atom stereocenters. The molecule has 3 heteroatoms. The van der Waals surface area contributed by atoms with Crippen molar-refractivity contribution in [3.8, 4) is 5.75 Å². The van der Waals surface area contributed by atoms with E-state index in [0.717, 1.165) is 22.6 Å². The summed E-state index contributed by atoms with van der Waals surface area (Å²) in [6.07, 6.45) is 0.736. The molecule has 0 atom stereocenters. The maximum absolute atomic E-state index is 11.9. The Kier molecular flexibility index (Phi) is 2.08. The molecule has 0 bridgehead atoms. The van der Waals surface area contributed by atoms with Gasteiger partial charge in [0.05, 0.1) is 11.0 Å². The summed E-state index contributed by atoms with van der Waals surface area (Å²) in [5, 5.41) is 1.92. The van der Waals surface area contributed by atoms with Crippen molar-refractivity contribution in [3.63, 3.8) is 0 Å². The third-order valence-electron chi connectivity index (χ3n) is 3.49. The van der Waals surface area contributed by atoms with Crippen LogP contribution in [0.5, 0.6) is 5.75 Å². The largest absolute Gasteiger partial charge is 0.425 e. The molecule has 2 aromatic rings.